The van der Waals surface area contributed by atoms with Gasteiger partial charge >= 0.3 is 0 Å². The highest BCUT2D eigenvalue weighted by molar-refractivity contribution is 7.85. The van der Waals surface area contributed by atoms with Crippen molar-refractivity contribution in [2.45, 2.75) is 54.6 Å². The standard InChI is InChI=1S/C33H34O6S/c34-30-32(38-23-27-17-9-3-10-18-27)31(37-22-26-15-7-2-8-16-26)29(24-36-21-25-13-5-1-6-14-25)39-33(30)40(35)28-19-11-4-12-20-28/h1-20,29-34H,21-24H2/t29-,30-,31+,32-,33?,40?/m1/s1. The molecule has 0 aliphatic carbocycles. The van der Waals surface area contributed by atoms with Crippen LogP contribution in [0.25, 0.3) is 0 Å². The summed E-state index contributed by atoms with van der Waals surface area (Å²) in [5, 5.41) is 11.6. The summed E-state index contributed by atoms with van der Waals surface area (Å²) in [6.45, 7) is 1.12. The Labute approximate surface area is 238 Å². The Hall–Kier alpha value is -3.17. The Balaban J connectivity index is 1.40. The molecule has 4 aromatic rings. The molecule has 0 saturated carbocycles. The van der Waals surface area contributed by atoms with Crippen molar-refractivity contribution in [3.8, 4) is 0 Å². The molecule has 0 amide bonds. The molecule has 208 valence electrons. The Morgan fingerprint density at radius 3 is 1.60 bits per heavy atom. The largest absolute Gasteiger partial charge is 0.387 e. The van der Waals surface area contributed by atoms with E-state index in [1.54, 1.807) is 12.1 Å². The van der Waals surface area contributed by atoms with E-state index in [4.69, 9.17) is 18.9 Å². The number of aliphatic hydroxyl groups is 1. The number of ether oxygens (including phenoxy) is 4. The van der Waals surface area contributed by atoms with Crippen molar-refractivity contribution < 1.29 is 28.3 Å². The molecule has 6 atom stereocenters. The van der Waals surface area contributed by atoms with Crippen LogP contribution in [0.4, 0.5) is 0 Å². The smallest absolute Gasteiger partial charge is 0.166 e. The minimum absolute atomic E-state index is 0.175. The highest BCUT2D eigenvalue weighted by Gasteiger charge is 2.49. The number of rotatable bonds is 12. The fourth-order valence-corrected chi connectivity index (χ4v) is 6.03. The molecule has 1 aliphatic heterocycles. The molecule has 2 unspecified atom stereocenters. The van der Waals surface area contributed by atoms with E-state index in [0.717, 1.165) is 16.7 Å². The van der Waals surface area contributed by atoms with Crippen LogP contribution in [0.15, 0.2) is 126 Å². The SMILES string of the molecule is O=S(c1ccccc1)C1O[C@H](COCc2ccccc2)[C@H](OCc2ccccc2)[C@H](OCc2ccccc2)[C@H]1O. The number of benzene rings is 4. The van der Waals surface area contributed by atoms with Crippen molar-refractivity contribution in [3.63, 3.8) is 0 Å². The predicted octanol–water partition coefficient (Wildman–Crippen LogP) is 5.27. The second kappa shape index (κ2) is 14.5. The summed E-state index contributed by atoms with van der Waals surface area (Å²) in [5.74, 6) is 0. The van der Waals surface area contributed by atoms with E-state index in [1.807, 2.05) is 109 Å². The second-order valence-electron chi connectivity index (χ2n) is 9.67. The first-order valence-electron chi connectivity index (χ1n) is 13.4. The number of hydrogen-bond acceptors (Lipinski definition) is 6. The summed E-state index contributed by atoms with van der Waals surface area (Å²) in [5.41, 5.74) is 1.95. The van der Waals surface area contributed by atoms with Gasteiger partial charge in [-0.15, -0.1) is 0 Å². The van der Waals surface area contributed by atoms with Crippen LogP contribution in [-0.2, 0) is 49.6 Å². The van der Waals surface area contributed by atoms with Gasteiger partial charge in [-0.3, -0.25) is 4.21 Å². The lowest BCUT2D eigenvalue weighted by molar-refractivity contribution is -0.243. The predicted molar refractivity (Wildman–Crippen MR) is 154 cm³/mol. The zero-order valence-electron chi connectivity index (χ0n) is 22.2. The Kier molecular flexibility index (Phi) is 10.3. The van der Waals surface area contributed by atoms with Crippen LogP contribution in [0.1, 0.15) is 16.7 Å². The summed E-state index contributed by atoms with van der Waals surface area (Å²) in [6.07, 6.45) is -3.30. The van der Waals surface area contributed by atoms with Gasteiger partial charge in [-0.05, 0) is 28.8 Å². The lowest BCUT2D eigenvalue weighted by Gasteiger charge is -2.44. The molecule has 0 bridgehead atoms. The van der Waals surface area contributed by atoms with Crippen LogP contribution in [0, 0.1) is 0 Å². The summed E-state index contributed by atoms with van der Waals surface area (Å²) >= 11 is 0. The van der Waals surface area contributed by atoms with E-state index in [0.29, 0.717) is 18.1 Å². The fraction of sp³-hybridized carbons (Fsp3) is 0.273. The van der Waals surface area contributed by atoms with E-state index in [2.05, 4.69) is 0 Å². The molecule has 1 heterocycles. The van der Waals surface area contributed by atoms with Crippen LogP contribution >= 0.6 is 0 Å². The normalized spacial score (nSPS) is 23.5. The van der Waals surface area contributed by atoms with Crippen LogP contribution in [0.5, 0.6) is 0 Å². The van der Waals surface area contributed by atoms with Crippen molar-refractivity contribution in [3.05, 3.63) is 138 Å². The Morgan fingerprint density at radius 1 is 0.625 bits per heavy atom. The van der Waals surface area contributed by atoms with Crippen molar-refractivity contribution in [2.75, 3.05) is 6.61 Å². The first-order chi connectivity index (χ1) is 19.7. The summed E-state index contributed by atoms with van der Waals surface area (Å²) in [7, 11) is -1.65. The molecular formula is C33H34O6S. The molecule has 1 N–H and O–H groups in total. The molecule has 1 aliphatic rings. The molecule has 0 aromatic heterocycles. The average Bonchev–Trinajstić information content (AvgIpc) is 3.02. The minimum Gasteiger partial charge on any atom is -0.387 e. The maximum absolute atomic E-state index is 13.6. The molecule has 1 fully saturated rings. The van der Waals surface area contributed by atoms with E-state index < -0.39 is 40.7 Å². The zero-order valence-corrected chi connectivity index (χ0v) is 23.0. The Bertz CT molecular complexity index is 1310. The molecule has 40 heavy (non-hydrogen) atoms. The van der Waals surface area contributed by atoms with Gasteiger partial charge in [0.2, 0.25) is 0 Å². The Morgan fingerprint density at radius 2 is 1.07 bits per heavy atom. The molecular weight excluding hydrogens is 524 g/mol. The third-order valence-electron chi connectivity index (χ3n) is 6.77. The van der Waals surface area contributed by atoms with Crippen LogP contribution < -0.4 is 0 Å². The van der Waals surface area contributed by atoms with Crippen molar-refractivity contribution in [1.29, 1.82) is 0 Å². The first kappa shape index (κ1) is 28.4. The van der Waals surface area contributed by atoms with Crippen LogP contribution in [0.3, 0.4) is 0 Å². The van der Waals surface area contributed by atoms with Gasteiger partial charge in [0, 0.05) is 4.90 Å². The van der Waals surface area contributed by atoms with Crippen LogP contribution in [-0.4, -0.2) is 45.8 Å². The second-order valence-corrected chi connectivity index (χ2v) is 11.2. The van der Waals surface area contributed by atoms with Gasteiger partial charge in [0.05, 0.1) is 37.2 Å². The molecule has 7 heteroatoms. The quantitative estimate of drug-likeness (QED) is 0.256. The molecule has 6 nitrogen and oxygen atoms in total. The highest BCUT2D eigenvalue weighted by atomic mass is 32.2. The van der Waals surface area contributed by atoms with Crippen molar-refractivity contribution in [2.24, 2.45) is 0 Å². The zero-order chi connectivity index (χ0) is 27.6. The maximum atomic E-state index is 13.6. The molecule has 4 aromatic carbocycles. The molecule has 0 radical (unpaired) electrons. The van der Waals surface area contributed by atoms with Gasteiger partial charge in [-0.25, -0.2) is 0 Å². The van der Waals surface area contributed by atoms with Crippen LogP contribution in [0.2, 0.25) is 0 Å². The fourth-order valence-electron chi connectivity index (χ4n) is 4.69. The summed E-state index contributed by atoms with van der Waals surface area (Å²) in [6, 6.07) is 38.5. The minimum atomic E-state index is -1.65. The van der Waals surface area contributed by atoms with E-state index in [-0.39, 0.29) is 13.2 Å². The van der Waals surface area contributed by atoms with Gasteiger partial charge in [0.1, 0.15) is 24.4 Å². The monoisotopic (exact) mass is 558 g/mol. The summed E-state index contributed by atoms with van der Waals surface area (Å²) < 4.78 is 38.8. The van der Waals surface area contributed by atoms with Crippen molar-refractivity contribution >= 4 is 10.8 Å². The maximum Gasteiger partial charge on any atom is 0.166 e. The van der Waals surface area contributed by atoms with Gasteiger partial charge in [0.25, 0.3) is 0 Å². The molecule has 5 rings (SSSR count). The highest BCUT2D eigenvalue weighted by Crippen LogP contribution is 2.31. The van der Waals surface area contributed by atoms with Crippen molar-refractivity contribution in [1.82, 2.24) is 0 Å². The number of aliphatic hydroxyl groups excluding tert-OH is 1. The summed E-state index contributed by atoms with van der Waals surface area (Å²) in [4.78, 5) is 0.570. The number of hydrogen-bond donors (Lipinski definition) is 1. The third-order valence-corrected chi connectivity index (χ3v) is 8.31. The first-order valence-corrected chi connectivity index (χ1v) is 14.6. The van der Waals surface area contributed by atoms with Gasteiger partial charge < -0.3 is 24.1 Å². The third kappa shape index (κ3) is 7.52. The van der Waals surface area contributed by atoms with Gasteiger partial charge in [0.15, 0.2) is 5.44 Å². The molecule has 1 saturated heterocycles. The molecule has 0 spiro atoms. The van der Waals surface area contributed by atoms with E-state index in [9.17, 15) is 9.32 Å². The van der Waals surface area contributed by atoms with E-state index >= 15 is 0 Å². The van der Waals surface area contributed by atoms with Gasteiger partial charge in [-0.2, -0.15) is 0 Å². The average molecular weight is 559 g/mol. The lowest BCUT2D eigenvalue weighted by Crippen LogP contribution is -2.61. The van der Waals surface area contributed by atoms with Gasteiger partial charge in [-0.1, -0.05) is 109 Å². The topological polar surface area (TPSA) is 74.2 Å². The lowest BCUT2D eigenvalue weighted by atomic mass is 9.99. The van der Waals surface area contributed by atoms with E-state index in [1.165, 1.54) is 0 Å².